The van der Waals surface area contributed by atoms with Crippen LogP contribution in [-0.4, -0.2) is 20.6 Å². The van der Waals surface area contributed by atoms with E-state index in [-0.39, 0.29) is 10.9 Å². The van der Waals surface area contributed by atoms with Crippen molar-refractivity contribution in [2.45, 2.75) is 0 Å². The molecule has 3 aromatic rings. The van der Waals surface area contributed by atoms with Crippen molar-refractivity contribution in [3.8, 4) is 5.69 Å². The second kappa shape index (κ2) is 5.66. The first kappa shape index (κ1) is 14.9. The van der Waals surface area contributed by atoms with Crippen molar-refractivity contribution in [2.24, 2.45) is 0 Å². The molecule has 22 heavy (non-hydrogen) atoms. The zero-order valence-corrected chi connectivity index (χ0v) is 14.1. The molecule has 0 atom stereocenters. The third-order valence-electron chi connectivity index (χ3n) is 3.12. The Hall–Kier alpha value is -1.99. The van der Waals surface area contributed by atoms with E-state index in [1.165, 1.54) is 6.20 Å². The highest BCUT2D eigenvalue weighted by Gasteiger charge is 2.16. The Morgan fingerprint density at radius 3 is 2.50 bits per heavy atom. The molecule has 0 amide bonds. The zero-order chi connectivity index (χ0) is 15.9. The molecule has 7 heteroatoms. The van der Waals surface area contributed by atoms with E-state index < -0.39 is 11.4 Å². The molecule has 0 fully saturated rings. The SMILES string of the molecule is O=C(O)c1cn(-c2cc(Br)cc(Br)c2)c2ncccc2c1=O. The molecule has 3 rings (SSSR count). The maximum atomic E-state index is 12.2. The molecule has 0 aliphatic heterocycles. The highest BCUT2D eigenvalue weighted by atomic mass is 79.9. The Kier molecular flexibility index (Phi) is 3.84. The molecule has 1 N–H and O–H groups in total. The van der Waals surface area contributed by atoms with E-state index in [0.717, 1.165) is 8.95 Å². The highest BCUT2D eigenvalue weighted by Crippen LogP contribution is 2.24. The van der Waals surface area contributed by atoms with E-state index >= 15 is 0 Å². The number of carboxylic acids is 1. The van der Waals surface area contributed by atoms with Crippen LogP contribution in [0.25, 0.3) is 16.7 Å². The lowest BCUT2D eigenvalue weighted by atomic mass is 10.2. The van der Waals surface area contributed by atoms with Gasteiger partial charge in [0.2, 0.25) is 5.43 Å². The summed E-state index contributed by atoms with van der Waals surface area (Å²) in [5.74, 6) is -1.27. The molecule has 0 saturated carbocycles. The zero-order valence-electron chi connectivity index (χ0n) is 11.0. The third kappa shape index (κ3) is 2.57. The van der Waals surface area contributed by atoms with Crippen molar-refractivity contribution in [1.82, 2.24) is 9.55 Å². The minimum Gasteiger partial charge on any atom is -0.477 e. The number of aromatic nitrogens is 2. The average molecular weight is 424 g/mol. The molecule has 0 bridgehead atoms. The lowest BCUT2D eigenvalue weighted by molar-refractivity contribution is 0.0695. The number of rotatable bonds is 2. The van der Waals surface area contributed by atoms with Gasteiger partial charge in [-0.2, -0.15) is 0 Å². The summed E-state index contributed by atoms with van der Waals surface area (Å²) >= 11 is 6.79. The van der Waals surface area contributed by atoms with Crippen molar-refractivity contribution in [2.75, 3.05) is 0 Å². The quantitative estimate of drug-likeness (QED) is 0.683. The molecule has 0 aliphatic rings. The highest BCUT2D eigenvalue weighted by molar-refractivity contribution is 9.11. The number of halogens is 2. The van der Waals surface area contributed by atoms with E-state index in [0.29, 0.717) is 11.3 Å². The van der Waals surface area contributed by atoms with E-state index in [1.807, 2.05) is 18.2 Å². The van der Waals surface area contributed by atoms with Crippen LogP contribution in [0.4, 0.5) is 0 Å². The number of pyridine rings is 2. The molecule has 0 saturated heterocycles. The van der Waals surface area contributed by atoms with Crippen molar-refractivity contribution in [1.29, 1.82) is 0 Å². The fraction of sp³-hybridized carbons (Fsp3) is 0. The molecule has 110 valence electrons. The summed E-state index contributed by atoms with van der Waals surface area (Å²) in [4.78, 5) is 27.8. The molecule has 0 radical (unpaired) electrons. The largest absolute Gasteiger partial charge is 0.477 e. The van der Waals surface area contributed by atoms with Gasteiger partial charge in [-0.1, -0.05) is 31.9 Å². The van der Waals surface area contributed by atoms with Crippen LogP contribution in [0.5, 0.6) is 0 Å². The fourth-order valence-corrected chi connectivity index (χ4v) is 3.46. The number of benzene rings is 1. The topological polar surface area (TPSA) is 72.2 Å². The summed E-state index contributed by atoms with van der Waals surface area (Å²) in [6.45, 7) is 0. The van der Waals surface area contributed by atoms with Crippen LogP contribution < -0.4 is 5.43 Å². The second-order valence-corrected chi connectivity index (χ2v) is 6.38. The van der Waals surface area contributed by atoms with Crippen molar-refractivity contribution in [3.63, 3.8) is 0 Å². The lowest BCUT2D eigenvalue weighted by Gasteiger charge is -2.12. The molecule has 2 heterocycles. The summed E-state index contributed by atoms with van der Waals surface area (Å²) in [6, 6.07) is 8.67. The predicted molar refractivity (Wildman–Crippen MR) is 89.7 cm³/mol. The number of hydrogen-bond donors (Lipinski definition) is 1. The van der Waals surface area contributed by atoms with Crippen LogP contribution >= 0.6 is 31.9 Å². The molecule has 2 aromatic heterocycles. The Balaban J connectivity index is 2.45. The van der Waals surface area contributed by atoms with Gasteiger partial charge < -0.3 is 9.67 Å². The number of carboxylic acid groups (broad SMARTS) is 1. The van der Waals surface area contributed by atoms with Gasteiger partial charge >= 0.3 is 5.97 Å². The average Bonchev–Trinajstić information content (AvgIpc) is 2.46. The van der Waals surface area contributed by atoms with E-state index in [9.17, 15) is 14.7 Å². The molecule has 0 unspecified atom stereocenters. The first-order chi connectivity index (χ1) is 10.5. The van der Waals surface area contributed by atoms with Gasteiger partial charge in [0.1, 0.15) is 11.2 Å². The first-order valence-electron chi connectivity index (χ1n) is 6.17. The first-order valence-corrected chi connectivity index (χ1v) is 7.76. The van der Waals surface area contributed by atoms with Crippen LogP contribution in [0.2, 0.25) is 0 Å². The van der Waals surface area contributed by atoms with Gasteiger partial charge in [-0.05, 0) is 30.3 Å². The van der Waals surface area contributed by atoms with Gasteiger partial charge in [0.25, 0.3) is 0 Å². The van der Waals surface area contributed by atoms with Gasteiger partial charge in [0.05, 0.1) is 5.39 Å². The molecule has 1 aromatic carbocycles. The Morgan fingerprint density at radius 1 is 1.18 bits per heavy atom. The second-order valence-electron chi connectivity index (χ2n) is 4.55. The maximum Gasteiger partial charge on any atom is 0.341 e. The minimum atomic E-state index is -1.27. The summed E-state index contributed by atoms with van der Waals surface area (Å²) in [5, 5.41) is 9.52. The molecular formula is C15H8Br2N2O3. The van der Waals surface area contributed by atoms with Crippen LogP contribution in [0, 0.1) is 0 Å². The van der Waals surface area contributed by atoms with Gasteiger partial charge in [-0.25, -0.2) is 9.78 Å². The van der Waals surface area contributed by atoms with Crippen LogP contribution in [0.1, 0.15) is 10.4 Å². The van der Waals surface area contributed by atoms with Crippen molar-refractivity contribution in [3.05, 3.63) is 67.5 Å². The summed E-state index contributed by atoms with van der Waals surface area (Å²) in [5.41, 5.74) is 0.257. The molecule has 0 spiro atoms. The van der Waals surface area contributed by atoms with E-state index in [4.69, 9.17) is 0 Å². The Morgan fingerprint density at radius 2 is 1.86 bits per heavy atom. The Bertz CT molecular complexity index is 946. The van der Waals surface area contributed by atoms with Gasteiger partial charge in [0, 0.05) is 27.0 Å². The monoisotopic (exact) mass is 422 g/mol. The third-order valence-corrected chi connectivity index (χ3v) is 4.03. The van der Waals surface area contributed by atoms with Crippen LogP contribution in [0.3, 0.4) is 0 Å². The van der Waals surface area contributed by atoms with Gasteiger partial charge in [-0.15, -0.1) is 0 Å². The predicted octanol–water partition coefficient (Wildman–Crippen LogP) is 3.61. The number of fused-ring (bicyclic) bond motifs is 1. The van der Waals surface area contributed by atoms with Crippen molar-refractivity contribution < 1.29 is 9.90 Å². The van der Waals surface area contributed by atoms with E-state index in [1.54, 1.807) is 22.9 Å². The standard InChI is InChI=1S/C15H8Br2N2O3/c16-8-4-9(17)6-10(5-8)19-7-12(15(21)22)13(20)11-2-1-3-18-14(11)19/h1-7H,(H,21,22). The summed E-state index contributed by atoms with van der Waals surface area (Å²) < 4.78 is 3.23. The maximum absolute atomic E-state index is 12.2. The Labute approximate surface area is 141 Å². The number of carbonyl (C=O) groups is 1. The normalized spacial score (nSPS) is 10.8. The fourth-order valence-electron chi connectivity index (χ4n) is 2.19. The smallest absolute Gasteiger partial charge is 0.341 e. The molecule has 0 aliphatic carbocycles. The van der Waals surface area contributed by atoms with Crippen LogP contribution in [-0.2, 0) is 0 Å². The number of aromatic carboxylic acids is 1. The molecular weight excluding hydrogens is 416 g/mol. The summed E-state index contributed by atoms with van der Waals surface area (Å²) in [7, 11) is 0. The van der Waals surface area contributed by atoms with E-state index in [2.05, 4.69) is 36.8 Å². The van der Waals surface area contributed by atoms with Gasteiger partial charge in [-0.3, -0.25) is 4.79 Å². The van der Waals surface area contributed by atoms with Gasteiger partial charge in [0.15, 0.2) is 0 Å². The minimum absolute atomic E-state index is 0.262. The number of nitrogens with zero attached hydrogens (tertiary/aromatic N) is 2. The lowest BCUT2D eigenvalue weighted by Crippen LogP contribution is -2.18. The van der Waals surface area contributed by atoms with Crippen LogP contribution in [0.15, 0.2) is 56.5 Å². The van der Waals surface area contributed by atoms with Crippen molar-refractivity contribution >= 4 is 48.9 Å². The molecule has 5 nitrogen and oxygen atoms in total. The summed E-state index contributed by atoms with van der Waals surface area (Å²) in [6.07, 6.45) is 2.86. The number of hydrogen-bond acceptors (Lipinski definition) is 3.